The molecular formula is C22H27FN4O2. The topological polar surface area (TPSA) is 60.9 Å². The number of rotatable bonds is 5. The SMILES string of the molecule is COc1cccc(F)c1C1=CNC(c2cccc(N3CC(O)C(N(C)C)C3)n2)C1. The molecule has 2 aliphatic rings. The van der Waals surface area contributed by atoms with E-state index in [1.54, 1.807) is 19.2 Å². The van der Waals surface area contributed by atoms with Crippen LogP contribution in [0.5, 0.6) is 5.75 Å². The second kappa shape index (κ2) is 8.00. The van der Waals surface area contributed by atoms with Crippen LogP contribution in [-0.4, -0.2) is 61.4 Å². The smallest absolute Gasteiger partial charge is 0.134 e. The van der Waals surface area contributed by atoms with Crippen molar-refractivity contribution in [3.8, 4) is 5.75 Å². The van der Waals surface area contributed by atoms with Gasteiger partial charge < -0.3 is 25.0 Å². The fraction of sp³-hybridized carbons (Fsp3) is 0.409. The molecule has 3 heterocycles. The third kappa shape index (κ3) is 3.80. The van der Waals surface area contributed by atoms with Gasteiger partial charge >= 0.3 is 0 Å². The standard InChI is InChI=1S/C22H27FN4O2/c1-26(2)18-12-27(13-19(18)28)21-9-5-7-16(25-21)17-10-14(11-24-17)22-15(23)6-4-8-20(22)29-3/h4-9,11,17-19,24,28H,10,12-13H2,1-3H3. The molecule has 0 aliphatic carbocycles. The number of nitrogens with zero attached hydrogens (tertiary/aromatic N) is 3. The number of aliphatic hydroxyl groups is 1. The average molecular weight is 398 g/mol. The molecule has 2 aromatic rings. The summed E-state index contributed by atoms with van der Waals surface area (Å²) in [5.41, 5.74) is 2.26. The van der Waals surface area contributed by atoms with Gasteiger partial charge in [-0.25, -0.2) is 9.37 Å². The van der Waals surface area contributed by atoms with Gasteiger partial charge in [0.05, 0.1) is 36.6 Å². The highest BCUT2D eigenvalue weighted by Gasteiger charge is 2.33. The van der Waals surface area contributed by atoms with Gasteiger partial charge in [-0.05, 0) is 43.9 Å². The molecule has 1 aromatic carbocycles. The lowest BCUT2D eigenvalue weighted by Crippen LogP contribution is -2.38. The van der Waals surface area contributed by atoms with E-state index in [0.717, 1.165) is 23.6 Å². The van der Waals surface area contributed by atoms with Crippen LogP contribution in [0, 0.1) is 5.82 Å². The number of hydrogen-bond acceptors (Lipinski definition) is 6. The van der Waals surface area contributed by atoms with Gasteiger partial charge in [0.1, 0.15) is 17.4 Å². The highest BCUT2D eigenvalue weighted by molar-refractivity contribution is 5.73. The third-order valence-electron chi connectivity index (χ3n) is 5.76. The van der Waals surface area contributed by atoms with E-state index in [2.05, 4.69) is 10.2 Å². The van der Waals surface area contributed by atoms with Crippen molar-refractivity contribution in [2.24, 2.45) is 0 Å². The van der Waals surface area contributed by atoms with E-state index >= 15 is 0 Å². The first-order valence-electron chi connectivity index (χ1n) is 9.82. The number of anilines is 1. The Labute approximate surface area is 170 Å². The summed E-state index contributed by atoms with van der Waals surface area (Å²) in [4.78, 5) is 8.99. The molecule has 1 saturated heterocycles. The van der Waals surface area contributed by atoms with Crippen molar-refractivity contribution in [1.29, 1.82) is 0 Å². The van der Waals surface area contributed by atoms with E-state index in [-0.39, 0.29) is 17.9 Å². The minimum Gasteiger partial charge on any atom is -0.496 e. The van der Waals surface area contributed by atoms with Crippen molar-refractivity contribution >= 4 is 11.4 Å². The summed E-state index contributed by atoms with van der Waals surface area (Å²) in [6.07, 6.45) is 2.07. The number of hydrogen-bond donors (Lipinski definition) is 2. The number of nitrogens with one attached hydrogen (secondary N) is 1. The molecule has 154 valence electrons. The maximum absolute atomic E-state index is 14.4. The molecule has 7 heteroatoms. The number of methoxy groups -OCH3 is 1. The molecule has 29 heavy (non-hydrogen) atoms. The van der Waals surface area contributed by atoms with Crippen molar-refractivity contribution in [2.45, 2.75) is 24.6 Å². The van der Waals surface area contributed by atoms with Gasteiger partial charge in [0.15, 0.2) is 0 Å². The van der Waals surface area contributed by atoms with Gasteiger partial charge in [-0.3, -0.25) is 0 Å². The van der Waals surface area contributed by atoms with E-state index in [4.69, 9.17) is 9.72 Å². The second-order valence-electron chi connectivity index (χ2n) is 7.83. The van der Waals surface area contributed by atoms with Crippen LogP contribution in [0.2, 0.25) is 0 Å². The minimum absolute atomic E-state index is 0.0357. The number of benzene rings is 1. The summed E-state index contributed by atoms with van der Waals surface area (Å²) in [6, 6.07) is 10.9. The first-order valence-corrected chi connectivity index (χ1v) is 9.82. The van der Waals surface area contributed by atoms with Crippen molar-refractivity contribution in [1.82, 2.24) is 15.2 Å². The van der Waals surface area contributed by atoms with Crippen LogP contribution >= 0.6 is 0 Å². The number of aliphatic hydroxyl groups excluding tert-OH is 1. The summed E-state index contributed by atoms with van der Waals surface area (Å²) >= 11 is 0. The molecule has 0 radical (unpaired) electrons. The van der Waals surface area contributed by atoms with Crippen LogP contribution in [0.15, 0.2) is 42.6 Å². The predicted octanol–water partition coefficient (Wildman–Crippen LogP) is 2.42. The maximum atomic E-state index is 14.4. The molecule has 0 bridgehead atoms. The molecule has 4 rings (SSSR count). The Morgan fingerprint density at radius 3 is 2.72 bits per heavy atom. The molecule has 0 saturated carbocycles. The number of β-amino-alcohol motifs (C(OH)–C–C–N with tert-alkyl or cyclic N) is 1. The fourth-order valence-electron chi connectivity index (χ4n) is 4.16. The lowest BCUT2D eigenvalue weighted by molar-refractivity contribution is 0.114. The highest BCUT2D eigenvalue weighted by Crippen LogP contribution is 2.37. The van der Waals surface area contributed by atoms with E-state index in [0.29, 0.717) is 24.3 Å². The Balaban J connectivity index is 1.51. The zero-order valence-corrected chi connectivity index (χ0v) is 17.0. The van der Waals surface area contributed by atoms with Crippen LogP contribution in [0.4, 0.5) is 10.2 Å². The summed E-state index contributed by atoms with van der Waals surface area (Å²) in [5.74, 6) is 1.09. The van der Waals surface area contributed by atoms with Crippen LogP contribution in [0.3, 0.4) is 0 Å². The Morgan fingerprint density at radius 2 is 2.00 bits per heavy atom. The van der Waals surface area contributed by atoms with Gasteiger partial charge in [0, 0.05) is 25.7 Å². The number of likely N-dealkylation sites (N-methyl/N-ethyl adjacent to an activating group) is 1. The van der Waals surface area contributed by atoms with Gasteiger partial charge in [-0.2, -0.15) is 0 Å². The molecule has 0 spiro atoms. The van der Waals surface area contributed by atoms with Gasteiger partial charge in [-0.1, -0.05) is 12.1 Å². The third-order valence-corrected chi connectivity index (χ3v) is 5.76. The minimum atomic E-state index is -0.401. The van der Waals surface area contributed by atoms with Gasteiger partial charge in [0.25, 0.3) is 0 Å². The molecule has 2 N–H and O–H groups in total. The Kier molecular flexibility index (Phi) is 5.43. The zero-order chi connectivity index (χ0) is 20.5. The Hall–Kier alpha value is -2.64. The van der Waals surface area contributed by atoms with E-state index in [9.17, 15) is 9.50 Å². The predicted molar refractivity (Wildman–Crippen MR) is 111 cm³/mol. The summed E-state index contributed by atoms with van der Waals surface area (Å²) in [6.45, 7) is 1.30. The molecule has 2 aliphatic heterocycles. The first kappa shape index (κ1) is 19.7. The Morgan fingerprint density at radius 1 is 1.21 bits per heavy atom. The van der Waals surface area contributed by atoms with Crippen molar-refractivity contribution < 1.29 is 14.2 Å². The van der Waals surface area contributed by atoms with Gasteiger partial charge in [0.2, 0.25) is 0 Å². The van der Waals surface area contributed by atoms with Crippen molar-refractivity contribution in [2.75, 3.05) is 39.2 Å². The molecule has 3 unspecified atom stereocenters. The molecule has 1 fully saturated rings. The van der Waals surface area contributed by atoms with E-state index < -0.39 is 6.10 Å². The van der Waals surface area contributed by atoms with Crippen molar-refractivity contribution in [3.63, 3.8) is 0 Å². The fourth-order valence-corrected chi connectivity index (χ4v) is 4.16. The monoisotopic (exact) mass is 398 g/mol. The van der Waals surface area contributed by atoms with Crippen LogP contribution in [-0.2, 0) is 0 Å². The van der Waals surface area contributed by atoms with Gasteiger partial charge in [-0.15, -0.1) is 0 Å². The number of aromatic nitrogens is 1. The maximum Gasteiger partial charge on any atom is 0.134 e. The second-order valence-corrected chi connectivity index (χ2v) is 7.83. The largest absolute Gasteiger partial charge is 0.496 e. The first-order chi connectivity index (χ1) is 14.0. The van der Waals surface area contributed by atoms with E-state index in [1.165, 1.54) is 6.07 Å². The summed E-state index contributed by atoms with van der Waals surface area (Å²) in [7, 11) is 5.51. The molecule has 0 amide bonds. The zero-order valence-electron chi connectivity index (χ0n) is 17.0. The quantitative estimate of drug-likeness (QED) is 0.807. The van der Waals surface area contributed by atoms with Crippen molar-refractivity contribution in [3.05, 3.63) is 59.7 Å². The lowest BCUT2D eigenvalue weighted by Gasteiger charge is -2.22. The average Bonchev–Trinajstić information content (AvgIpc) is 3.35. The molecule has 6 nitrogen and oxygen atoms in total. The molecular weight excluding hydrogens is 371 g/mol. The number of ether oxygens (including phenoxy) is 1. The number of pyridine rings is 1. The summed E-state index contributed by atoms with van der Waals surface area (Å²) < 4.78 is 19.8. The van der Waals surface area contributed by atoms with Crippen LogP contribution in [0.1, 0.15) is 23.7 Å². The highest BCUT2D eigenvalue weighted by atomic mass is 19.1. The van der Waals surface area contributed by atoms with Crippen LogP contribution in [0.25, 0.3) is 5.57 Å². The lowest BCUT2D eigenvalue weighted by atomic mass is 9.99. The normalized spacial score (nSPS) is 24.0. The Bertz CT molecular complexity index is 917. The number of halogens is 1. The molecule has 1 aromatic heterocycles. The van der Waals surface area contributed by atoms with Crippen LogP contribution < -0.4 is 15.0 Å². The van der Waals surface area contributed by atoms with E-state index in [1.807, 2.05) is 43.4 Å². The molecule has 3 atom stereocenters. The summed E-state index contributed by atoms with van der Waals surface area (Å²) in [5, 5.41) is 13.7.